The van der Waals surface area contributed by atoms with Crippen LogP contribution in [0, 0.1) is 0 Å². The Morgan fingerprint density at radius 1 is 1.15 bits per heavy atom. The number of nitrogens with one attached hydrogen (secondary N) is 2. The van der Waals surface area contributed by atoms with Gasteiger partial charge < -0.3 is 21.1 Å². The molecule has 0 spiro atoms. The molecular weight excluding hydrogens is 389 g/mol. The van der Waals surface area contributed by atoms with Crippen molar-refractivity contribution < 1.29 is 14.3 Å². The summed E-state index contributed by atoms with van der Waals surface area (Å²) in [5.41, 5.74) is 7.03. The molecule has 0 radical (unpaired) electrons. The number of anilines is 1. The van der Waals surface area contributed by atoms with E-state index in [1.54, 1.807) is 6.07 Å². The van der Waals surface area contributed by atoms with E-state index < -0.39 is 5.91 Å². The lowest BCUT2D eigenvalue weighted by Gasteiger charge is -2.14. The lowest BCUT2D eigenvalue weighted by atomic mass is 10.1. The number of carbonyl (C=O) groups excluding carboxylic acids is 2. The first-order chi connectivity index (χ1) is 12.9. The van der Waals surface area contributed by atoms with E-state index >= 15 is 0 Å². The molecule has 0 aliphatic rings. The summed E-state index contributed by atoms with van der Waals surface area (Å²) in [6.07, 6.45) is 0.666. The molecule has 8 heteroatoms. The summed E-state index contributed by atoms with van der Waals surface area (Å²) in [4.78, 5) is 22.6. The van der Waals surface area contributed by atoms with Crippen molar-refractivity contribution in [1.82, 2.24) is 5.32 Å². The Morgan fingerprint density at radius 2 is 1.89 bits per heavy atom. The molecule has 2 aromatic carbocycles. The summed E-state index contributed by atoms with van der Waals surface area (Å²) in [6, 6.07) is 10.7. The van der Waals surface area contributed by atoms with Crippen molar-refractivity contribution in [3.8, 4) is 5.75 Å². The van der Waals surface area contributed by atoms with E-state index in [2.05, 4.69) is 10.6 Å². The van der Waals surface area contributed by atoms with Crippen LogP contribution in [0.4, 0.5) is 5.69 Å². The fourth-order valence-corrected chi connectivity index (χ4v) is 3.12. The Balaban J connectivity index is 1.94. The summed E-state index contributed by atoms with van der Waals surface area (Å²) < 4.78 is 5.82. The maximum atomic E-state index is 11.6. The molecule has 27 heavy (non-hydrogen) atoms. The van der Waals surface area contributed by atoms with Crippen molar-refractivity contribution in [2.75, 3.05) is 25.0 Å². The van der Waals surface area contributed by atoms with E-state index in [1.807, 2.05) is 24.3 Å². The molecule has 2 amide bonds. The van der Waals surface area contributed by atoms with E-state index in [4.69, 9.17) is 33.7 Å². The van der Waals surface area contributed by atoms with Crippen LogP contribution >= 0.6 is 23.2 Å². The number of hydrogen-bond donors (Lipinski definition) is 3. The van der Waals surface area contributed by atoms with Crippen molar-refractivity contribution in [2.45, 2.75) is 13.3 Å². The minimum absolute atomic E-state index is 0.0666. The Hall–Kier alpha value is -2.44. The van der Waals surface area contributed by atoms with Gasteiger partial charge in [-0.25, -0.2) is 0 Å². The SMILES string of the molecule is CC(=O)NCCc1ccccc1OCCNc1cc(Cl)cc(Cl)c1C(N)=O. The highest BCUT2D eigenvalue weighted by molar-refractivity contribution is 6.37. The van der Waals surface area contributed by atoms with Crippen LogP contribution in [-0.2, 0) is 11.2 Å². The van der Waals surface area contributed by atoms with Crippen LogP contribution < -0.4 is 21.1 Å². The molecule has 0 bridgehead atoms. The number of rotatable bonds is 9. The van der Waals surface area contributed by atoms with Crippen molar-refractivity contribution in [2.24, 2.45) is 5.73 Å². The zero-order chi connectivity index (χ0) is 19.8. The summed E-state index contributed by atoms with van der Waals surface area (Å²) in [6.45, 7) is 2.78. The van der Waals surface area contributed by atoms with Gasteiger partial charge >= 0.3 is 0 Å². The van der Waals surface area contributed by atoms with Gasteiger partial charge in [0.15, 0.2) is 0 Å². The van der Waals surface area contributed by atoms with Gasteiger partial charge in [-0.05, 0) is 30.2 Å². The number of carbonyl (C=O) groups is 2. The first-order valence-corrected chi connectivity index (χ1v) is 9.12. The average Bonchev–Trinajstić information content (AvgIpc) is 2.58. The third kappa shape index (κ3) is 6.34. The van der Waals surface area contributed by atoms with Gasteiger partial charge in [-0.15, -0.1) is 0 Å². The molecular formula is C19H21Cl2N3O3. The van der Waals surface area contributed by atoms with Crippen LogP contribution in [0.2, 0.25) is 10.0 Å². The second-order valence-electron chi connectivity index (χ2n) is 5.79. The van der Waals surface area contributed by atoms with E-state index in [0.29, 0.717) is 36.8 Å². The van der Waals surface area contributed by atoms with Crippen molar-refractivity contribution in [3.63, 3.8) is 0 Å². The van der Waals surface area contributed by atoms with E-state index in [1.165, 1.54) is 13.0 Å². The molecule has 0 unspecified atom stereocenters. The predicted molar refractivity (Wildman–Crippen MR) is 108 cm³/mol. The maximum Gasteiger partial charge on any atom is 0.252 e. The third-order valence-electron chi connectivity index (χ3n) is 3.72. The van der Waals surface area contributed by atoms with Crippen LogP contribution in [0.25, 0.3) is 0 Å². The van der Waals surface area contributed by atoms with Crippen LogP contribution in [0.1, 0.15) is 22.8 Å². The topological polar surface area (TPSA) is 93.4 Å². The fourth-order valence-electron chi connectivity index (χ4n) is 2.53. The number of para-hydroxylation sites is 1. The van der Waals surface area contributed by atoms with Gasteiger partial charge in [-0.1, -0.05) is 41.4 Å². The molecule has 0 aliphatic heterocycles. The van der Waals surface area contributed by atoms with Crippen molar-refractivity contribution in [1.29, 1.82) is 0 Å². The number of hydrogen-bond acceptors (Lipinski definition) is 4. The van der Waals surface area contributed by atoms with Gasteiger partial charge in [0.2, 0.25) is 5.91 Å². The van der Waals surface area contributed by atoms with Crippen LogP contribution in [0.15, 0.2) is 36.4 Å². The maximum absolute atomic E-state index is 11.6. The number of benzene rings is 2. The molecule has 4 N–H and O–H groups in total. The number of primary amides is 1. The third-order valence-corrected chi connectivity index (χ3v) is 4.23. The van der Waals surface area contributed by atoms with E-state index in [9.17, 15) is 9.59 Å². The Morgan fingerprint density at radius 3 is 2.59 bits per heavy atom. The number of amides is 2. The molecule has 6 nitrogen and oxygen atoms in total. The van der Waals surface area contributed by atoms with Gasteiger partial charge in [0.1, 0.15) is 12.4 Å². The summed E-state index contributed by atoms with van der Waals surface area (Å²) in [5, 5.41) is 6.43. The summed E-state index contributed by atoms with van der Waals surface area (Å²) >= 11 is 12.0. The highest BCUT2D eigenvalue weighted by Crippen LogP contribution is 2.28. The zero-order valence-electron chi connectivity index (χ0n) is 14.9. The molecule has 0 saturated carbocycles. The van der Waals surface area contributed by atoms with Crippen LogP contribution in [-0.4, -0.2) is 31.5 Å². The number of halogens is 2. The van der Waals surface area contributed by atoms with Crippen molar-refractivity contribution >= 4 is 40.7 Å². The van der Waals surface area contributed by atoms with Gasteiger partial charge in [0, 0.05) is 25.0 Å². The minimum Gasteiger partial charge on any atom is -0.491 e. The number of nitrogens with two attached hydrogens (primary N) is 1. The second-order valence-corrected chi connectivity index (χ2v) is 6.63. The normalized spacial score (nSPS) is 10.3. The first-order valence-electron chi connectivity index (χ1n) is 8.36. The minimum atomic E-state index is -0.636. The molecule has 2 rings (SSSR count). The predicted octanol–water partition coefficient (Wildman–Crippen LogP) is 3.26. The Bertz CT molecular complexity index is 828. The first kappa shape index (κ1) is 20.9. The highest BCUT2D eigenvalue weighted by atomic mass is 35.5. The zero-order valence-corrected chi connectivity index (χ0v) is 16.4. The van der Waals surface area contributed by atoms with Gasteiger partial charge in [0.05, 0.1) is 16.3 Å². The standard InChI is InChI=1S/C19H21Cl2N3O3/c1-12(25)23-7-6-13-4-2-3-5-17(13)27-9-8-24-16-11-14(20)10-15(21)18(16)19(22)26/h2-5,10-11,24H,6-9H2,1H3,(H2,22,26)(H,23,25). The molecule has 0 aromatic heterocycles. The fraction of sp³-hybridized carbons (Fsp3) is 0.263. The average molecular weight is 410 g/mol. The molecule has 0 heterocycles. The van der Waals surface area contributed by atoms with E-state index in [0.717, 1.165) is 11.3 Å². The smallest absolute Gasteiger partial charge is 0.252 e. The van der Waals surface area contributed by atoms with Crippen molar-refractivity contribution in [3.05, 3.63) is 57.6 Å². The lowest BCUT2D eigenvalue weighted by molar-refractivity contribution is -0.118. The van der Waals surface area contributed by atoms with E-state index in [-0.39, 0.29) is 16.5 Å². The van der Waals surface area contributed by atoms with Gasteiger partial charge in [0.25, 0.3) is 5.91 Å². The molecule has 0 fully saturated rings. The summed E-state index contributed by atoms with van der Waals surface area (Å²) in [5.74, 6) is 0.0374. The molecule has 0 aliphatic carbocycles. The molecule has 0 atom stereocenters. The van der Waals surface area contributed by atoms with Gasteiger partial charge in [-0.2, -0.15) is 0 Å². The largest absolute Gasteiger partial charge is 0.491 e. The Labute approximate surface area is 168 Å². The number of ether oxygens (including phenoxy) is 1. The Kier molecular flexibility index (Phi) is 7.76. The summed E-state index contributed by atoms with van der Waals surface area (Å²) in [7, 11) is 0. The quantitative estimate of drug-likeness (QED) is 0.554. The molecule has 144 valence electrons. The molecule has 2 aromatic rings. The lowest BCUT2D eigenvalue weighted by Crippen LogP contribution is -2.22. The monoisotopic (exact) mass is 409 g/mol. The highest BCUT2D eigenvalue weighted by Gasteiger charge is 2.14. The van der Waals surface area contributed by atoms with Crippen LogP contribution in [0.5, 0.6) is 5.75 Å². The van der Waals surface area contributed by atoms with Gasteiger partial charge in [-0.3, -0.25) is 9.59 Å². The van der Waals surface area contributed by atoms with Crippen LogP contribution in [0.3, 0.4) is 0 Å². The molecule has 0 saturated heterocycles. The second kappa shape index (κ2) is 10.0.